The summed E-state index contributed by atoms with van der Waals surface area (Å²) < 4.78 is 0. The van der Waals surface area contributed by atoms with Crippen LogP contribution in [0.25, 0.3) is 0 Å². The second-order valence-corrected chi connectivity index (χ2v) is 3.45. The summed E-state index contributed by atoms with van der Waals surface area (Å²) in [5, 5.41) is 0. The number of hydrogen-bond acceptors (Lipinski definition) is 2. The van der Waals surface area contributed by atoms with Crippen molar-refractivity contribution in [1.82, 2.24) is 0 Å². The van der Waals surface area contributed by atoms with Gasteiger partial charge in [-0.1, -0.05) is 6.07 Å². The number of benzene rings is 1. The Hall–Kier alpha value is -1.51. The number of primary amides is 1. The van der Waals surface area contributed by atoms with Gasteiger partial charge in [0.1, 0.15) is 0 Å². The fraction of sp³-hybridized carbons (Fsp3) is 0.300. The lowest BCUT2D eigenvalue weighted by Gasteiger charge is -2.06. The molecule has 3 nitrogen and oxygen atoms in total. The zero-order valence-electron chi connectivity index (χ0n) is 7.29. The van der Waals surface area contributed by atoms with Gasteiger partial charge in [0.25, 0.3) is 0 Å². The summed E-state index contributed by atoms with van der Waals surface area (Å²) in [6.45, 7) is 0. The number of aryl methyl sites for hydroxylation is 1. The van der Waals surface area contributed by atoms with Crippen LogP contribution < -0.4 is 11.5 Å². The summed E-state index contributed by atoms with van der Waals surface area (Å²) in [4.78, 5) is 11.1. The molecule has 1 aliphatic rings. The van der Waals surface area contributed by atoms with Crippen molar-refractivity contribution in [1.29, 1.82) is 0 Å². The van der Waals surface area contributed by atoms with Gasteiger partial charge in [-0.3, -0.25) is 4.79 Å². The third-order valence-electron chi connectivity index (χ3n) is 2.59. The first-order chi connectivity index (χ1) is 6.18. The molecule has 0 bridgehead atoms. The molecule has 0 aliphatic heterocycles. The third kappa shape index (κ3) is 1.26. The number of hydrogen-bond donors (Lipinski definition) is 2. The molecule has 1 aromatic rings. The van der Waals surface area contributed by atoms with Crippen LogP contribution in [0.4, 0.5) is 5.69 Å². The summed E-state index contributed by atoms with van der Waals surface area (Å²) in [6.07, 6.45) is 1.76. The minimum atomic E-state index is -0.246. The topological polar surface area (TPSA) is 69.1 Å². The van der Waals surface area contributed by atoms with Crippen LogP contribution in [0.15, 0.2) is 18.2 Å². The molecular formula is C10H12N2O. The lowest BCUT2D eigenvalue weighted by atomic mass is 10.0. The minimum absolute atomic E-state index is 0.126. The van der Waals surface area contributed by atoms with Crippen molar-refractivity contribution in [3.8, 4) is 0 Å². The van der Waals surface area contributed by atoms with E-state index < -0.39 is 0 Å². The van der Waals surface area contributed by atoms with Gasteiger partial charge in [0.2, 0.25) is 5.91 Å². The Morgan fingerprint density at radius 2 is 2.23 bits per heavy atom. The van der Waals surface area contributed by atoms with Gasteiger partial charge in [-0.2, -0.15) is 0 Å². The maximum atomic E-state index is 11.1. The Bertz CT molecular complexity index is 360. The molecule has 68 valence electrons. The van der Waals surface area contributed by atoms with Gasteiger partial charge in [-0.05, 0) is 36.1 Å². The number of fused-ring (bicyclic) bond motifs is 1. The summed E-state index contributed by atoms with van der Waals surface area (Å²) >= 11 is 0. The summed E-state index contributed by atoms with van der Waals surface area (Å²) in [5.41, 5.74) is 13.9. The Labute approximate surface area is 76.7 Å². The molecule has 0 radical (unpaired) electrons. The largest absolute Gasteiger partial charge is 0.399 e. The average molecular weight is 176 g/mol. The molecule has 1 unspecified atom stereocenters. The molecule has 1 atom stereocenters. The van der Waals surface area contributed by atoms with Gasteiger partial charge in [-0.15, -0.1) is 0 Å². The standard InChI is InChI=1S/C10H12N2O/c11-7-3-1-6-2-4-8(10(12)13)9(6)5-7/h1,3,5,8H,2,4,11H2,(H2,12,13). The summed E-state index contributed by atoms with van der Waals surface area (Å²) in [7, 11) is 0. The van der Waals surface area contributed by atoms with Crippen LogP contribution in [-0.2, 0) is 11.2 Å². The molecule has 2 rings (SSSR count). The molecule has 0 aromatic heterocycles. The first-order valence-corrected chi connectivity index (χ1v) is 4.36. The lowest BCUT2D eigenvalue weighted by Crippen LogP contribution is -2.19. The zero-order valence-corrected chi connectivity index (χ0v) is 7.29. The first kappa shape index (κ1) is 8.10. The minimum Gasteiger partial charge on any atom is -0.399 e. The summed E-state index contributed by atoms with van der Waals surface area (Å²) in [5.74, 6) is -0.372. The lowest BCUT2D eigenvalue weighted by molar-refractivity contribution is -0.119. The number of carbonyl (C=O) groups is 1. The highest BCUT2D eigenvalue weighted by molar-refractivity contribution is 5.83. The first-order valence-electron chi connectivity index (χ1n) is 4.36. The number of anilines is 1. The molecule has 0 spiro atoms. The second kappa shape index (κ2) is 2.76. The number of rotatable bonds is 1. The quantitative estimate of drug-likeness (QED) is 0.621. The van der Waals surface area contributed by atoms with E-state index in [0.29, 0.717) is 5.69 Å². The molecule has 1 aliphatic carbocycles. The Morgan fingerprint density at radius 3 is 2.92 bits per heavy atom. The average Bonchev–Trinajstić information content (AvgIpc) is 2.46. The SMILES string of the molecule is NC(=O)C1CCc2ccc(N)cc21. The second-order valence-electron chi connectivity index (χ2n) is 3.45. The number of nitrogens with two attached hydrogens (primary N) is 2. The van der Waals surface area contributed by atoms with Gasteiger partial charge < -0.3 is 11.5 Å². The van der Waals surface area contributed by atoms with Gasteiger partial charge >= 0.3 is 0 Å². The van der Waals surface area contributed by atoms with E-state index in [9.17, 15) is 4.79 Å². The number of nitrogen functional groups attached to an aromatic ring is 1. The van der Waals surface area contributed by atoms with Gasteiger partial charge in [0.05, 0.1) is 5.92 Å². The monoisotopic (exact) mass is 176 g/mol. The highest BCUT2D eigenvalue weighted by Gasteiger charge is 2.26. The van der Waals surface area contributed by atoms with E-state index in [4.69, 9.17) is 11.5 Å². The smallest absolute Gasteiger partial charge is 0.224 e. The summed E-state index contributed by atoms with van der Waals surface area (Å²) in [6, 6.07) is 5.70. The van der Waals surface area contributed by atoms with Crippen molar-refractivity contribution < 1.29 is 4.79 Å². The predicted molar refractivity (Wildman–Crippen MR) is 51.1 cm³/mol. The molecule has 4 N–H and O–H groups in total. The van der Waals surface area contributed by atoms with Crippen molar-refractivity contribution in [3.05, 3.63) is 29.3 Å². The van der Waals surface area contributed by atoms with Gasteiger partial charge in [0, 0.05) is 5.69 Å². The normalized spacial score (nSPS) is 19.8. The molecule has 0 saturated carbocycles. The number of carbonyl (C=O) groups excluding carboxylic acids is 1. The van der Waals surface area contributed by atoms with Crippen LogP contribution in [0.5, 0.6) is 0 Å². The van der Waals surface area contributed by atoms with E-state index in [1.54, 1.807) is 0 Å². The highest BCUT2D eigenvalue weighted by atomic mass is 16.1. The van der Waals surface area contributed by atoms with E-state index >= 15 is 0 Å². The molecular weight excluding hydrogens is 164 g/mol. The molecule has 0 heterocycles. The Balaban J connectivity index is 2.46. The number of amides is 1. The van der Waals surface area contributed by atoms with Gasteiger partial charge in [-0.25, -0.2) is 0 Å². The van der Waals surface area contributed by atoms with Crippen LogP contribution in [0.1, 0.15) is 23.5 Å². The van der Waals surface area contributed by atoms with Crippen molar-refractivity contribution in [2.24, 2.45) is 5.73 Å². The van der Waals surface area contributed by atoms with E-state index in [-0.39, 0.29) is 11.8 Å². The van der Waals surface area contributed by atoms with Crippen LogP contribution in [0.2, 0.25) is 0 Å². The van der Waals surface area contributed by atoms with Crippen molar-refractivity contribution in [3.63, 3.8) is 0 Å². The zero-order chi connectivity index (χ0) is 9.42. The van der Waals surface area contributed by atoms with E-state index in [1.807, 2.05) is 18.2 Å². The Kier molecular flexibility index (Phi) is 1.72. The maximum Gasteiger partial charge on any atom is 0.224 e. The maximum absolute atomic E-state index is 11.1. The Morgan fingerprint density at radius 1 is 1.46 bits per heavy atom. The van der Waals surface area contributed by atoms with Crippen LogP contribution >= 0.6 is 0 Å². The third-order valence-corrected chi connectivity index (χ3v) is 2.59. The van der Waals surface area contributed by atoms with Crippen molar-refractivity contribution in [2.75, 3.05) is 5.73 Å². The van der Waals surface area contributed by atoms with E-state index in [0.717, 1.165) is 18.4 Å². The van der Waals surface area contributed by atoms with Gasteiger partial charge in [0.15, 0.2) is 0 Å². The molecule has 3 heteroatoms. The van der Waals surface area contributed by atoms with E-state index in [1.165, 1.54) is 5.56 Å². The molecule has 0 saturated heterocycles. The van der Waals surface area contributed by atoms with Crippen molar-refractivity contribution in [2.45, 2.75) is 18.8 Å². The highest BCUT2D eigenvalue weighted by Crippen LogP contribution is 2.33. The molecule has 0 fully saturated rings. The fourth-order valence-electron chi connectivity index (χ4n) is 1.92. The predicted octanol–water partition coefficient (Wildman–Crippen LogP) is 0.784. The molecule has 1 amide bonds. The molecule has 13 heavy (non-hydrogen) atoms. The van der Waals surface area contributed by atoms with Crippen molar-refractivity contribution >= 4 is 11.6 Å². The molecule has 1 aromatic carbocycles. The van der Waals surface area contributed by atoms with Crippen LogP contribution in [0, 0.1) is 0 Å². The van der Waals surface area contributed by atoms with Crippen LogP contribution in [-0.4, -0.2) is 5.91 Å². The van der Waals surface area contributed by atoms with E-state index in [2.05, 4.69) is 0 Å². The fourth-order valence-corrected chi connectivity index (χ4v) is 1.92. The van der Waals surface area contributed by atoms with Crippen LogP contribution in [0.3, 0.4) is 0 Å².